The summed E-state index contributed by atoms with van der Waals surface area (Å²) in [5.74, 6) is 0.262. The molecule has 0 aliphatic rings. The first kappa shape index (κ1) is 23.1. The van der Waals surface area contributed by atoms with Crippen molar-refractivity contribution in [3.63, 3.8) is 0 Å². The largest absolute Gasteiger partial charge is 0.497 e. The summed E-state index contributed by atoms with van der Waals surface area (Å²) in [6, 6.07) is 15.0. The molecule has 4 aromatic rings. The highest BCUT2D eigenvalue weighted by Gasteiger charge is 2.23. The molecule has 2 heterocycles. The number of thiophene rings is 1. The maximum absolute atomic E-state index is 13.4. The summed E-state index contributed by atoms with van der Waals surface area (Å²) >= 11 is 2.80. The smallest absolute Gasteiger partial charge is 0.280 e. The highest BCUT2D eigenvalue weighted by Crippen LogP contribution is 2.32. The lowest BCUT2D eigenvalue weighted by atomic mass is 10.2. The molecule has 0 saturated heterocycles. The van der Waals surface area contributed by atoms with E-state index in [1.54, 1.807) is 19.4 Å². The molecule has 2 aromatic heterocycles. The molecule has 2 aromatic carbocycles. The van der Waals surface area contributed by atoms with Crippen LogP contribution >= 0.6 is 22.7 Å². The van der Waals surface area contributed by atoms with E-state index in [1.165, 1.54) is 66.0 Å². The van der Waals surface area contributed by atoms with Crippen LogP contribution in [0.25, 0.3) is 10.2 Å². The zero-order valence-electron chi connectivity index (χ0n) is 18.0. The normalized spacial score (nSPS) is 12.0. The molecule has 1 amide bonds. The van der Waals surface area contributed by atoms with Gasteiger partial charge in [0.2, 0.25) is 15.2 Å². The van der Waals surface area contributed by atoms with Crippen LogP contribution in [0.3, 0.4) is 0 Å². The Bertz CT molecular complexity index is 1410. The van der Waals surface area contributed by atoms with Crippen molar-refractivity contribution < 1.29 is 17.9 Å². The molecule has 0 atom stereocenters. The second-order valence-corrected chi connectivity index (χ2v) is 11.2. The number of hydrogen-bond acceptors (Lipinski definition) is 8. The molecule has 4 rings (SSSR count). The van der Waals surface area contributed by atoms with Crippen molar-refractivity contribution in [2.24, 2.45) is 5.10 Å². The summed E-state index contributed by atoms with van der Waals surface area (Å²) in [6.45, 7) is 0. The molecular weight excluding hydrogens is 480 g/mol. The van der Waals surface area contributed by atoms with Crippen LogP contribution in [0.15, 0.2) is 70.0 Å². The molecule has 170 valence electrons. The standard InChI is InChI=1S/C22H20N4O4S3/c1-25(2)33(28,29)18-9-6-15(7-10-18)21(27)26(23-14-17-5-4-12-31-17)22-24-19-11-8-16(30-3)13-20(19)32-22/h4-14H,1-3H3/b23-14+. The number of carbonyl (C=O) groups is 1. The van der Waals surface area contributed by atoms with E-state index in [0.29, 0.717) is 16.4 Å². The lowest BCUT2D eigenvalue weighted by Crippen LogP contribution is -2.26. The van der Waals surface area contributed by atoms with Gasteiger partial charge in [0.05, 0.1) is 28.4 Å². The molecule has 0 aliphatic heterocycles. The van der Waals surface area contributed by atoms with Gasteiger partial charge in [-0.2, -0.15) is 10.1 Å². The van der Waals surface area contributed by atoms with Gasteiger partial charge in [-0.05, 0) is 53.9 Å². The van der Waals surface area contributed by atoms with Crippen LogP contribution < -0.4 is 9.75 Å². The first-order valence-electron chi connectivity index (χ1n) is 9.69. The van der Waals surface area contributed by atoms with Gasteiger partial charge >= 0.3 is 0 Å². The van der Waals surface area contributed by atoms with Gasteiger partial charge in [-0.1, -0.05) is 17.4 Å². The van der Waals surface area contributed by atoms with Crippen molar-refractivity contribution in [1.29, 1.82) is 0 Å². The van der Waals surface area contributed by atoms with E-state index in [9.17, 15) is 13.2 Å². The van der Waals surface area contributed by atoms with Gasteiger partial charge < -0.3 is 4.74 Å². The van der Waals surface area contributed by atoms with Crippen molar-refractivity contribution in [2.75, 3.05) is 26.2 Å². The van der Waals surface area contributed by atoms with Crippen molar-refractivity contribution in [1.82, 2.24) is 9.29 Å². The lowest BCUT2D eigenvalue weighted by Gasteiger charge is -2.15. The van der Waals surface area contributed by atoms with E-state index < -0.39 is 15.9 Å². The zero-order valence-corrected chi connectivity index (χ0v) is 20.4. The summed E-state index contributed by atoms with van der Waals surface area (Å²) in [5.41, 5.74) is 1.00. The van der Waals surface area contributed by atoms with Gasteiger partial charge in [0.25, 0.3) is 5.91 Å². The topological polar surface area (TPSA) is 92.2 Å². The average molecular weight is 501 g/mol. The quantitative estimate of drug-likeness (QED) is 0.279. The fourth-order valence-electron chi connectivity index (χ4n) is 2.88. The Labute approximate surface area is 199 Å². The van der Waals surface area contributed by atoms with Gasteiger partial charge in [-0.25, -0.2) is 17.7 Å². The highest BCUT2D eigenvalue weighted by molar-refractivity contribution is 7.89. The molecular formula is C22H20N4O4S3. The first-order chi connectivity index (χ1) is 15.8. The van der Waals surface area contributed by atoms with E-state index >= 15 is 0 Å². The van der Waals surface area contributed by atoms with Crippen molar-refractivity contribution in [2.45, 2.75) is 4.90 Å². The predicted molar refractivity (Wildman–Crippen MR) is 132 cm³/mol. The molecule has 0 saturated carbocycles. The van der Waals surface area contributed by atoms with Crippen molar-refractivity contribution in [3.05, 3.63) is 70.4 Å². The molecule has 0 spiro atoms. The van der Waals surface area contributed by atoms with Crippen LogP contribution in [0.5, 0.6) is 5.75 Å². The number of hydrazone groups is 1. The number of ether oxygens (including phenoxy) is 1. The minimum atomic E-state index is -3.60. The Morgan fingerprint density at radius 2 is 1.88 bits per heavy atom. The predicted octanol–water partition coefficient (Wildman–Crippen LogP) is 4.30. The molecule has 33 heavy (non-hydrogen) atoms. The van der Waals surface area contributed by atoms with Crippen molar-refractivity contribution in [3.8, 4) is 5.75 Å². The maximum atomic E-state index is 13.4. The molecule has 11 heteroatoms. The van der Waals surface area contributed by atoms with E-state index in [2.05, 4.69) is 10.1 Å². The summed E-state index contributed by atoms with van der Waals surface area (Å²) in [7, 11) is 0.902. The van der Waals surface area contributed by atoms with Crippen LogP contribution in [0, 0.1) is 0 Å². The summed E-state index contributed by atoms with van der Waals surface area (Å²) in [5, 5.41) is 7.95. The maximum Gasteiger partial charge on any atom is 0.280 e. The Morgan fingerprint density at radius 3 is 2.52 bits per heavy atom. The molecule has 0 unspecified atom stereocenters. The van der Waals surface area contributed by atoms with Gasteiger partial charge in [0.15, 0.2) is 0 Å². The Balaban J connectivity index is 1.72. The fraction of sp³-hybridized carbons (Fsp3) is 0.136. The molecule has 8 nitrogen and oxygen atoms in total. The van der Waals surface area contributed by atoms with Crippen LogP contribution in [0.4, 0.5) is 5.13 Å². The second kappa shape index (κ2) is 9.40. The number of aromatic nitrogens is 1. The fourth-order valence-corrected chi connectivity index (χ4v) is 5.31. The number of fused-ring (bicyclic) bond motifs is 1. The number of sulfonamides is 1. The lowest BCUT2D eigenvalue weighted by molar-refractivity contribution is 0.0987. The number of methoxy groups -OCH3 is 1. The van der Waals surface area contributed by atoms with E-state index in [4.69, 9.17) is 4.74 Å². The average Bonchev–Trinajstić information content (AvgIpc) is 3.48. The van der Waals surface area contributed by atoms with E-state index in [0.717, 1.165) is 13.9 Å². The number of nitrogens with zero attached hydrogens (tertiary/aromatic N) is 4. The number of thiazole rings is 1. The van der Waals surface area contributed by atoms with Crippen LogP contribution in [-0.2, 0) is 10.0 Å². The molecule has 0 aliphatic carbocycles. The SMILES string of the molecule is COc1ccc2nc(N(/N=C/c3cccs3)C(=O)c3ccc(S(=O)(=O)N(C)C)cc3)sc2c1. The molecule has 0 bridgehead atoms. The third-order valence-corrected chi connectivity index (χ3v) is 8.31. The Morgan fingerprint density at radius 1 is 1.12 bits per heavy atom. The molecule has 0 N–H and O–H groups in total. The first-order valence-corrected chi connectivity index (χ1v) is 12.8. The van der Waals surface area contributed by atoms with Gasteiger partial charge in [0, 0.05) is 24.5 Å². The minimum Gasteiger partial charge on any atom is -0.497 e. The number of amides is 1. The van der Waals surface area contributed by atoms with Gasteiger partial charge in [-0.3, -0.25) is 4.79 Å². The highest BCUT2D eigenvalue weighted by atomic mass is 32.2. The van der Waals surface area contributed by atoms with Gasteiger partial charge in [0.1, 0.15) is 5.75 Å². The van der Waals surface area contributed by atoms with Crippen LogP contribution in [0.2, 0.25) is 0 Å². The minimum absolute atomic E-state index is 0.102. The second-order valence-electron chi connectivity index (χ2n) is 7.02. The summed E-state index contributed by atoms with van der Waals surface area (Å²) < 4.78 is 31.9. The summed E-state index contributed by atoms with van der Waals surface area (Å²) in [4.78, 5) is 18.9. The Hall–Kier alpha value is -3.12. The monoisotopic (exact) mass is 500 g/mol. The number of benzene rings is 2. The summed E-state index contributed by atoms with van der Waals surface area (Å²) in [6.07, 6.45) is 1.60. The van der Waals surface area contributed by atoms with Crippen LogP contribution in [-0.4, -0.2) is 51.0 Å². The molecule has 0 radical (unpaired) electrons. The number of rotatable bonds is 7. The third kappa shape index (κ3) is 4.81. The molecule has 0 fully saturated rings. The number of carbonyl (C=O) groups excluding carboxylic acids is 1. The van der Waals surface area contributed by atoms with E-state index in [1.807, 2.05) is 29.6 Å². The van der Waals surface area contributed by atoms with Gasteiger partial charge in [-0.15, -0.1) is 11.3 Å². The van der Waals surface area contributed by atoms with E-state index in [-0.39, 0.29) is 10.5 Å². The number of anilines is 1. The Kier molecular flexibility index (Phi) is 6.56. The van der Waals surface area contributed by atoms with Crippen LogP contribution in [0.1, 0.15) is 15.2 Å². The van der Waals surface area contributed by atoms with Crippen molar-refractivity contribution >= 4 is 60.2 Å². The third-order valence-electron chi connectivity index (χ3n) is 4.68. The number of hydrogen-bond donors (Lipinski definition) is 0. The zero-order chi connectivity index (χ0) is 23.6.